The van der Waals surface area contributed by atoms with Crippen LogP contribution < -0.4 is 5.32 Å². The van der Waals surface area contributed by atoms with Crippen LogP contribution in [-0.4, -0.2) is 23.2 Å². The van der Waals surface area contributed by atoms with Crippen LogP contribution in [-0.2, 0) is 9.53 Å². The average Bonchev–Trinajstić information content (AvgIpc) is 2.34. The van der Waals surface area contributed by atoms with Crippen molar-refractivity contribution in [1.29, 1.82) is 0 Å². The molecule has 0 fully saturated rings. The maximum absolute atomic E-state index is 11.9. The van der Waals surface area contributed by atoms with E-state index in [0.717, 1.165) is 4.90 Å². The molecule has 0 bridgehead atoms. The number of carbonyl (C=O) groups excluding carboxylic acids is 2. The van der Waals surface area contributed by atoms with E-state index < -0.39 is 17.7 Å². The number of rotatable bonds is 5. The predicted molar refractivity (Wildman–Crippen MR) is 90.6 cm³/mol. The molecule has 122 valence electrons. The van der Waals surface area contributed by atoms with Crippen LogP contribution in [0.2, 0.25) is 5.02 Å². The van der Waals surface area contributed by atoms with Gasteiger partial charge in [0.1, 0.15) is 17.9 Å². The molecule has 1 unspecified atom stereocenters. The Balaban J connectivity index is 3.04. The lowest BCUT2D eigenvalue weighted by molar-refractivity contribution is -0.109. The molecule has 0 saturated carbocycles. The van der Waals surface area contributed by atoms with Crippen molar-refractivity contribution in [3.05, 3.63) is 28.8 Å². The van der Waals surface area contributed by atoms with E-state index in [2.05, 4.69) is 5.32 Å². The molecule has 0 heterocycles. The number of hydrogen-bond acceptors (Lipinski definition) is 4. The lowest BCUT2D eigenvalue weighted by atomic mass is 10.1. The molecule has 0 saturated heterocycles. The SMILES string of the molecule is CC(C)Sc1cccc(Cl)c1C(C=O)NC(=O)OC(C)(C)C. The zero-order chi connectivity index (χ0) is 16.9. The van der Waals surface area contributed by atoms with Crippen molar-refractivity contribution in [2.75, 3.05) is 0 Å². The summed E-state index contributed by atoms with van der Waals surface area (Å²) in [4.78, 5) is 24.2. The monoisotopic (exact) mass is 343 g/mol. The lowest BCUT2D eigenvalue weighted by Crippen LogP contribution is -2.35. The number of benzene rings is 1. The Labute approximate surface area is 140 Å². The molecule has 1 amide bonds. The second-order valence-corrected chi connectivity index (χ2v) is 8.10. The molecule has 0 aliphatic carbocycles. The molecule has 22 heavy (non-hydrogen) atoms. The minimum absolute atomic E-state index is 0.325. The average molecular weight is 344 g/mol. The van der Waals surface area contributed by atoms with Crippen molar-refractivity contribution in [2.45, 2.75) is 56.4 Å². The summed E-state index contributed by atoms with van der Waals surface area (Å²) in [5.74, 6) is 0. The van der Waals surface area contributed by atoms with E-state index in [9.17, 15) is 9.59 Å². The molecule has 0 aromatic heterocycles. The summed E-state index contributed by atoms with van der Waals surface area (Å²) in [5.41, 5.74) is -0.0308. The molecule has 4 nitrogen and oxygen atoms in total. The Morgan fingerprint density at radius 1 is 1.36 bits per heavy atom. The number of ether oxygens (including phenoxy) is 1. The number of amides is 1. The highest BCUT2D eigenvalue weighted by atomic mass is 35.5. The zero-order valence-corrected chi connectivity index (χ0v) is 15.0. The minimum Gasteiger partial charge on any atom is -0.444 e. The lowest BCUT2D eigenvalue weighted by Gasteiger charge is -2.23. The van der Waals surface area contributed by atoms with E-state index in [0.29, 0.717) is 22.1 Å². The van der Waals surface area contributed by atoms with Gasteiger partial charge in [0.25, 0.3) is 0 Å². The maximum atomic E-state index is 11.9. The van der Waals surface area contributed by atoms with Crippen molar-refractivity contribution < 1.29 is 14.3 Å². The fourth-order valence-corrected chi connectivity index (χ4v) is 3.16. The summed E-state index contributed by atoms with van der Waals surface area (Å²) < 4.78 is 5.19. The highest BCUT2D eigenvalue weighted by Crippen LogP contribution is 2.34. The fraction of sp³-hybridized carbons (Fsp3) is 0.500. The third-order valence-corrected chi connectivity index (χ3v) is 3.91. The number of alkyl carbamates (subject to hydrolysis) is 1. The molecular weight excluding hydrogens is 322 g/mol. The van der Waals surface area contributed by atoms with Crippen LogP contribution in [0.3, 0.4) is 0 Å². The molecule has 0 aliphatic heterocycles. The van der Waals surface area contributed by atoms with Gasteiger partial charge in [-0.25, -0.2) is 4.79 Å². The van der Waals surface area contributed by atoms with Crippen LogP contribution in [0.25, 0.3) is 0 Å². The number of aldehydes is 1. The highest BCUT2D eigenvalue weighted by molar-refractivity contribution is 8.00. The molecule has 1 aromatic carbocycles. The predicted octanol–water partition coefficient (Wildman–Crippen LogP) is 4.61. The van der Waals surface area contributed by atoms with Crippen LogP contribution in [0, 0.1) is 0 Å². The Bertz CT molecular complexity index is 541. The topological polar surface area (TPSA) is 55.4 Å². The Hall–Kier alpha value is -1.20. The number of hydrogen-bond donors (Lipinski definition) is 1. The van der Waals surface area contributed by atoms with Gasteiger partial charge in [-0.15, -0.1) is 11.8 Å². The fourth-order valence-electron chi connectivity index (χ4n) is 1.78. The van der Waals surface area contributed by atoms with Crippen LogP contribution in [0.4, 0.5) is 4.79 Å². The second-order valence-electron chi connectivity index (χ2n) is 6.08. The van der Waals surface area contributed by atoms with E-state index in [-0.39, 0.29) is 0 Å². The number of nitrogens with one attached hydrogen (secondary N) is 1. The Morgan fingerprint density at radius 3 is 2.50 bits per heavy atom. The van der Waals surface area contributed by atoms with Crippen molar-refractivity contribution >= 4 is 35.7 Å². The van der Waals surface area contributed by atoms with Gasteiger partial charge in [0.15, 0.2) is 0 Å². The largest absolute Gasteiger partial charge is 0.444 e. The van der Waals surface area contributed by atoms with Gasteiger partial charge >= 0.3 is 6.09 Å². The van der Waals surface area contributed by atoms with Gasteiger partial charge in [0, 0.05) is 20.7 Å². The molecule has 1 atom stereocenters. The van der Waals surface area contributed by atoms with Gasteiger partial charge in [-0.2, -0.15) is 0 Å². The molecule has 6 heteroatoms. The maximum Gasteiger partial charge on any atom is 0.408 e. The highest BCUT2D eigenvalue weighted by Gasteiger charge is 2.24. The van der Waals surface area contributed by atoms with Gasteiger partial charge in [0.05, 0.1) is 0 Å². The third kappa shape index (κ3) is 5.89. The molecule has 1 aromatic rings. The van der Waals surface area contributed by atoms with E-state index in [4.69, 9.17) is 16.3 Å². The van der Waals surface area contributed by atoms with E-state index in [1.807, 2.05) is 26.0 Å². The van der Waals surface area contributed by atoms with Gasteiger partial charge in [-0.1, -0.05) is 31.5 Å². The summed E-state index contributed by atoms with van der Waals surface area (Å²) in [6.07, 6.45) is 0.0141. The molecule has 0 spiro atoms. The first-order chi connectivity index (χ1) is 10.1. The van der Waals surface area contributed by atoms with E-state index in [1.165, 1.54) is 0 Å². The second kappa shape index (κ2) is 7.88. The molecular formula is C16H22ClNO3S. The number of carbonyl (C=O) groups is 2. The van der Waals surface area contributed by atoms with Crippen LogP contribution in [0.1, 0.15) is 46.2 Å². The van der Waals surface area contributed by atoms with Crippen LogP contribution in [0.5, 0.6) is 0 Å². The van der Waals surface area contributed by atoms with Crippen LogP contribution >= 0.6 is 23.4 Å². The van der Waals surface area contributed by atoms with Gasteiger partial charge in [-0.3, -0.25) is 0 Å². The normalized spacial score (nSPS) is 12.9. The first-order valence-corrected chi connectivity index (χ1v) is 8.29. The van der Waals surface area contributed by atoms with Gasteiger partial charge in [-0.05, 0) is 32.9 Å². The summed E-state index contributed by atoms with van der Waals surface area (Å²) in [7, 11) is 0. The molecule has 1 rings (SSSR count). The molecule has 1 N–H and O–H groups in total. The quantitative estimate of drug-likeness (QED) is 0.626. The van der Waals surface area contributed by atoms with E-state index >= 15 is 0 Å². The van der Waals surface area contributed by atoms with Gasteiger partial charge in [0.2, 0.25) is 0 Å². The van der Waals surface area contributed by atoms with Crippen molar-refractivity contribution in [1.82, 2.24) is 5.32 Å². The summed E-state index contributed by atoms with van der Waals surface area (Å²) in [6.45, 7) is 9.38. The zero-order valence-electron chi connectivity index (χ0n) is 13.5. The van der Waals surface area contributed by atoms with Crippen molar-refractivity contribution in [3.8, 4) is 0 Å². The third-order valence-electron chi connectivity index (χ3n) is 2.49. The van der Waals surface area contributed by atoms with Crippen molar-refractivity contribution in [2.24, 2.45) is 0 Å². The summed E-state index contributed by atoms with van der Waals surface area (Å²) in [6, 6.07) is 4.57. The molecule has 0 aliphatic rings. The summed E-state index contributed by atoms with van der Waals surface area (Å²) >= 11 is 7.83. The first-order valence-electron chi connectivity index (χ1n) is 7.04. The van der Waals surface area contributed by atoms with Crippen LogP contribution in [0.15, 0.2) is 23.1 Å². The smallest absolute Gasteiger partial charge is 0.408 e. The first kappa shape index (κ1) is 18.8. The Kier molecular flexibility index (Phi) is 6.75. The number of halogens is 1. The van der Waals surface area contributed by atoms with E-state index in [1.54, 1.807) is 38.6 Å². The molecule has 0 radical (unpaired) electrons. The minimum atomic E-state index is -0.843. The van der Waals surface area contributed by atoms with Gasteiger partial charge < -0.3 is 14.8 Å². The van der Waals surface area contributed by atoms with Crippen molar-refractivity contribution in [3.63, 3.8) is 0 Å². The summed E-state index contributed by atoms with van der Waals surface area (Å²) in [5, 5.41) is 3.34. The Morgan fingerprint density at radius 2 is 2.00 bits per heavy atom. The number of thioether (sulfide) groups is 1. The standard InChI is InChI=1S/C16H22ClNO3S/c1-10(2)22-13-8-6-7-11(17)14(13)12(9-19)18-15(20)21-16(3,4)5/h6-10,12H,1-5H3,(H,18,20).